The van der Waals surface area contributed by atoms with E-state index >= 15 is 4.39 Å². The van der Waals surface area contributed by atoms with Crippen molar-refractivity contribution >= 4 is 11.6 Å². The van der Waals surface area contributed by atoms with Crippen molar-refractivity contribution in [2.75, 3.05) is 36.0 Å². The molecule has 1 aromatic carbocycles. The SMILES string of the molecule is C=C1CC2(CCCN(c3ncnc(N4CCCC4c4ccc(C(F)(F)F)cc4)c3F)C2)CN1. The van der Waals surface area contributed by atoms with Crippen LogP contribution in [0.25, 0.3) is 0 Å². The minimum Gasteiger partial charge on any atom is -0.388 e. The third kappa shape index (κ3) is 4.13. The number of nitrogens with one attached hydrogen (secondary N) is 1. The van der Waals surface area contributed by atoms with Crippen molar-refractivity contribution in [1.82, 2.24) is 15.3 Å². The van der Waals surface area contributed by atoms with Crippen molar-refractivity contribution in [3.63, 3.8) is 0 Å². The summed E-state index contributed by atoms with van der Waals surface area (Å²) in [6.07, 6.45) is 1.45. The largest absolute Gasteiger partial charge is 0.416 e. The van der Waals surface area contributed by atoms with Gasteiger partial charge in [0.25, 0.3) is 0 Å². The molecule has 3 aliphatic rings. The summed E-state index contributed by atoms with van der Waals surface area (Å²) in [6, 6.07) is 4.93. The fourth-order valence-electron chi connectivity index (χ4n) is 5.60. The average molecular weight is 462 g/mol. The molecule has 2 atom stereocenters. The second-order valence-corrected chi connectivity index (χ2v) is 9.47. The first-order valence-corrected chi connectivity index (χ1v) is 11.4. The van der Waals surface area contributed by atoms with Crippen molar-refractivity contribution in [3.05, 3.63) is 59.8 Å². The molecule has 9 heteroatoms. The molecule has 2 unspecified atom stereocenters. The Morgan fingerprint density at radius 1 is 1.06 bits per heavy atom. The molecule has 0 aliphatic carbocycles. The number of rotatable bonds is 3. The highest BCUT2D eigenvalue weighted by Crippen LogP contribution is 2.42. The maximum Gasteiger partial charge on any atom is 0.416 e. The van der Waals surface area contributed by atoms with Crippen LogP contribution in [-0.2, 0) is 6.18 Å². The lowest BCUT2D eigenvalue weighted by Crippen LogP contribution is -2.45. The molecule has 1 N–H and O–H groups in total. The molecule has 3 fully saturated rings. The van der Waals surface area contributed by atoms with E-state index in [0.717, 1.165) is 68.6 Å². The first kappa shape index (κ1) is 22.0. The second kappa shape index (κ2) is 8.18. The van der Waals surface area contributed by atoms with Gasteiger partial charge in [0.05, 0.1) is 11.6 Å². The van der Waals surface area contributed by atoms with E-state index in [1.165, 1.54) is 18.5 Å². The molecule has 0 saturated carbocycles. The Labute approximate surface area is 190 Å². The zero-order chi connectivity index (χ0) is 23.2. The van der Waals surface area contributed by atoms with E-state index in [2.05, 4.69) is 21.9 Å². The van der Waals surface area contributed by atoms with Gasteiger partial charge in [0.1, 0.15) is 6.33 Å². The number of aromatic nitrogens is 2. The summed E-state index contributed by atoms with van der Waals surface area (Å²) in [5.74, 6) is 0.0591. The van der Waals surface area contributed by atoms with Gasteiger partial charge in [-0.25, -0.2) is 9.97 Å². The standard InChI is InChI=1S/C24H27F4N5/c1-16-12-23(13-29-16)9-3-10-32(14-23)21-20(25)22(31-15-30-21)33-11-2-4-19(33)17-5-7-18(8-6-17)24(26,27)28/h5-8,15,19,29H,1-4,9-14H2. The molecule has 2 aromatic rings. The Kier molecular flexibility index (Phi) is 5.45. The summed E-state index contributed by atoms with van der Waals surface area (Å²) in [7, 11) is 0. The quantitative estimate of drug-likeness (QED) is 0.647. The molecule has 3 saturated heterocycles. The molecule has 5 rings (SSSR count). The maximum atomic E-state index is 15.8. The highest BCUT2D eigenvalue weighted by Gasteiger charge is 2.41. The molecular weight excluding hydrogens is 434 g/mol. The number of alkyl halides is 3. The van der Waals surface area contributed by atoms with Crippen LogP contribution in [0, 0.1) is 11.2 Å². The lowest BCUT2D eigenvalue weighted by Gasteiger charge is -2.40. The minimum atomic E-state index is -4.38. The van der Waals surface area contributed by atoms with Crippen LogP contribution in [0.5, 0.6) is 0 Å². The van der Waals surface area contributed by atoms with Crippen molar-refractivity contribution in [1.29, 1.82) is 0 Å². The Hall–Kier alpha value is -2.84. The van der Waals surface area contributed by atoms with Crippen molar-refractivity contribution in [2.24, 2.45) is 5.41 Å². The molecule has 1 spiro atoms. The highest BCUT2D eigenvalue weighted by atomic mass is 19.4. The van der Waals surface area contributed by atoms with Crippen molar-refractivity contribution < 1.29 is 17.6 Å². The third-order valence-corrected chi connectivity index (χ3v) is 7.16. The summed E-state index contributed by atoms with van der Waals surface area (Å²) in [6.45, 7) is 6.90. The number of anilines is 2. The minimum absolute atomic E-state index is 0.0449. The van der Waals surface area contributed by atoms with E-state index in [-0.39, 0.29) is 17.3 Å². The monoisotopic (exact) mass is 461 g/mol. The molecule has 33 heavy (non-hydrogen) atoms. The second-order valence-electron chi connectivity index (χ2n) is 9.47. The Morgan fingerprint density at radius 3 is 2.52 bits per heavy atom. The Bertz CT molecular complexity index is 1040. The predicted octanol–water partition coefficient (Wildman–Crippen LogP) is 5.07. The number of piperidine rings is 1. The lowest BCUT2D eigenvalue weighted by atomic mass is 9.79. The van der Waals surface area contributed by atoms with Gasteiger partial charge in [-0.2, -0.15) is 17.6 Å². The Balaban J connectivity index is 1.41. The lowest BCUT2D eigenvalue weighted by molar-refractivity contribution is -0.137. The number of hydrogen-bond acceptors (Lipinski definition) is 5. The molecule has 3 aliphatic heterocycles. The van der Waals surface area contributed by atoms with Crippen LogP contribution < -0.4 is 15.1 Å². The van der Waals surface area contributed by atoms with E-state index in [4.69, 9.17) is 0 Å². The summed E-state index contributed by atoms with van der Waals surface area (Å²) in [5.41, 5.74) is 1.11. The van der Waals surface area contributed by atoms with Crippen LogP contribution in [0.1, 0.15) is 49.3 Å². The zero-order valence-corrected chi connectivity index (χ0v) is 18.3. The molecular formula is C24H27F4N5. The van der Waals surface area contributed by atoms with Gasteiger partial charge in [-0.3, -0.25) is 0 Å². The predicted molar refractivity (Wildman–Crippen MR) is 118 cm³/mol. The third-order valence-electron chi connectivity index (χ3n) is 7.16. The van der Waals surface area contributed by atoms with E-state index in [1.54, 1.807) is 0 Å². The first-order valence-electron chi connectivity index (χ1n) is 11.4. The fraction of sp³-hybridized carbons (Fsp3) is 0.500. The van der Waals surface area contributed by atoms with Gasteiger partial charge in [0, 0.05) is 37.3 Å². The summed E-state index contributed by atoms with van der Waals surface area (Å²) in [4.78, 5) is 12.4. The van der Waals surface area contributed by atoms with Gasteiger partial charge in [-0.1, -0.05) is 18.7 Å². The molecule has 176 valence electrons. The average Bonchev–Trinajstić information content (AvgIpc) is 3.40. The molecule has 5 nitrogen and oxygen atoms in total. The first-order chi connectivity index (χ1) is 15.8. The summed E-state index contributed by atoms with van der Waals surface area (Å²) >= 11 is 0. The maximum absolute atomic E-state index is 15.8. The molecule has 4 heterocycles. The van der Waals surface area contributed by atoms with Crippen LogP contribution >= 0.6 is 0 Å². The van der Waals surface area contributed by atoms with Crippen LogP contribution in [0.2, 0.25) is 0 Å². The number of benzene rings is 1. The number of hydrogen-bond donors (Lipinski definition) is 1. The molecule has 0 amide bonds. The smallest absolute Gasteiger partial charge is 0.388 e. The van der Waals surface area contributed by atoms with Crippen LogP contribution in [-0.4, -0.2) is 36.1 Å². The van der Waals surface area contributed by atoms with Gasteiger partial charge in [-0.15, -0.1) is 0 Å². The number of nitrogens with zero attached hydrogens (tertiary/aromatic N) is 4. The molecule has 0 radical (unpaired) electrons. The van der Waals surface area contributed by atoms with Crippen molar-refractivity contribution in [3.8, 4) is 0 Å². The fourth-order valence-corrected chi connectivity index (χ4v) is 5.60. The Morgan fingerprint density at radius 2 is 1.82 bits per heavy atom. The molecule has 1 aromatic heterocycles. The van der Waals surface area contributed by atoms with Gasteiger partial charge < -0.3 is 15.1 Å². The number of allylic oxidation sites excluding steroid dienone is 1. The van der Waals surface area contributed by atoms with Crippen LogP contribution in [0.3, 0.4) is 0 Å². The zero-order valence-electron chi connectivity index (χ0n) is 18.3. The van der Waals surface area contributed by atoms with E-state index in [0.29, 0.717) is 18.9 Å². The highest BCUT2D eigenvalue weighted by molar-refractivity contribution is 5.55. The topological polar surface area (TPSA) is 44.3 Å². The molecule has 0 bridgehead atoms. The van der Waals surface area contributed by atoms with Gasteiger partial charge in [0.15, 0.2) is 11.6 Å². The van der Waals surface area contributed by atoms with E-state index < -0.39 is 17.6 Å². The van der Waals surface area contributed by atoms with E-state index in [1.807, 2.05) is 9.80 Å². The van der Waals surface area contributed by atoms with Crippen molar-refractivity contribution in [2.45, 2.75) is 44.3 Å². The van der Waals surface area contributed by atoms with Gasteiger partial charge in [0.2, 0.25) is 5.82 Å². The normalized spacial score (nSPS) is 25.7. The summed E-state index contributed by atoms with van der Waals surface area (Å²) in [5, 5.41) is 3.33. The van der Waals surface area contributed by atoms with Crippen LogP contribution in [0.15, 0.2) is 42.9 Å². The van der Waals surface area contributed by atoms with E-state index in [9.17, 15) is 13.2 Å². The van der Waals surface area contributed by atoms with Crippen LogP contribution in [0.4, 0.5) is 29.2 Å². The summed E-state index contributed by atoms with van der Waals surface area (Å²) < 4.78 is 54.6. The van der Waals surface area contributed by atoms with Gasteiger partial charge in [-0.05, 0) is 49.8 Å². The number of halogens is 4. The van der Waals surface area contributed by atoms with Gasteiger partial charge >= 0.3 is 6.18 Å².